The molecule has 7 nitrogen and oxygen atoms in total. The summed E-state index contributed by atoms with van der Waals surface area (Å²) < 4.78 is 26.1. The quantitative estimate of drug-likeness (QED) is 0.692. The molecule has 0 saturated carbocycles. The van der Waals surface area contributed by atoms with Gasteiger partial charge in [0, 0.05) is 6.54 Å². The maximum atomic E-state index is 11.9. The topological polar surface area (TPSA) is 112 Å². The van der Waals surface area contributed by atoms with Crippen molar-refractivity contribution in [3.63, 3.8) is 0 Å². The van der Waals surface area contributed by atoms with Gasteiger partial charge in [0.25, 0.3) is 0 Å². The summed E-state index contributed by atoms with van der Waals surface area (Å²) in [5.41, 5.74) is 0.788. The Labute approximate surface area is 99.3 Å². The zero-order chi connectivity index (χ0) is 13.2. The van der Waals surface area contributed by atoms with Gasteiger partial charge in [-0.25, -0.2) is 13.1 Å². The standard InChI is InChI=1S/C9H15N3O4S/c1-5(9(13)14)4-10-17(15,16)8-6(2)11-12-7(8)3/h5,10H,4H2,1-3H3,(H,11,12)(H,13,14). The number of aliphatic carboxylic acids is 1. The molecule has 17 heavy (non-hydrogen) atoms. The fourth-order valence-corrected chi connectivity index (χ4v) is 2.83. The number of sulfonamides is 1. The number of nitrogens with one attached hydrogen (secondary N) is 2. The Morgan fingerprint density at radius 2 is 2.12 bits per heavy atom. The van der Waals surface area contributed by atoms with Crippen molar-refractivity contribution in [1.29, 1.82) is 0 Å². The first kappa shape index (κ1) is 13.7. The predicted molar refractivity (Wildman–Crippen MR) is 60.1 cm³/mol. The molecule has 0 bridgehead atoms. The number of nitrogens with zero attached hydrogens (tertiary/aromatic N) is 1. The molecule has 1 atom stereocenters. The third kappa shape index (κ3) is 3.04. The monoisotopic (exact) mass is 261 g/mol. The lowest BCUT2D eigenvalue weighted by molar-refractivity contribution is -0.140. The molecule has 1 rings (SSSR count). The third-order valence-electron chi connectivity index (χ3n) is 2.33. The average Bonchev–Trinajstić information content (AvgIpc) is 2.55. The van der Waals surface area contributed by atoms with E-state index in [1.54, 1.807) is 13.8 Å². The van der Waals surface area contributed by atoms with Crippen molar-refractivity contribution in [2.45, 2.75) is 25.7 Å². The van der Waals surface area contributed by atoms with Gasteiger partial charge in [-0.3, -0.25) is 9.89 Å². The van der Waals surface area contributed by atoms with E-state index in [0.29, 0.717) is 11.4 Å². The molecule has 0 radical (unpaired) electrons. The lowest BCUT2D eigenvalue weighted by Crippen LogP contribution is -2.32. The maximum absolute atomic E-state index is 11.9. The summed E-state index contributed by atoms with van der Waals surface area (Å²) in [6, 6.07) is 0. The summed E-state index contributed by atoms with van der Waals surface area (Å²) in [4.78, 5) is 10.7. The van der Waals surface area contributed by atoms with Crippen molar-refractivity contribution in [3.8, 4) is 0 Å². The first-order valence-corrected chi connectivity index (χ1v) is 6.48. The molecular weight excluding hydrogens is 246 g/mol. The number of aryl methyl sites for hydroxylation is 2. The van der Waals surface area contributed by atoms with E-state index in [-0.39, 0.29) is 11.4 Å². The van der Waals surface area contributed by atoms with Crippen LogP contribution in [-0.4, -0.2) is 36.2 Å². The summed E-state index contributed by atoms with van der Waals surface area (Å²) in [6.07, 6.45) is 0. The first-order chi connectivity index (χ1) is 7.75. The van der Waals surface area contributed by atoms with Gasteiger partial charge in [0.05, 0.1) is 17.3 Å². The molecule has 3 N–H and O–H groups in total. The van der Waals surface area contributed by atoms with Crippen LogP contribution in [0.2, 0.25) is 0 Å². The Hall–Kier alpha value is -1.41. The molecule has 0 saturated heterocycles. The maximum Gasteiger partial charge on any atom is 0.307 e. The second-order valence-electron chi connectivity index (χ2n) is 3.85. The van der Waals surface area contributed by atoms with E-state index in [1.807, 2.05) is 0 Å². The van der Waals surface area contributed by atoms with Crippen molar-refractivity contribution >= 4 is 16.0 Å². The Morgan fingerprint density at radius 3 is 2.53 bits per heavy atom. The van der Waals surface area contributed by atoms with Crippen LogP contribution < -0.4 is 4.72 Å². The molecule has 1 aromatic rings. The molecule has 0 aliphatic heterocycles. The minimum absolute atomic E-state index is 0.0788. The summed E-state index contributed by atoms with van der Waals surface area (Å²) in [6.45, 7) is 4.44. The van der Waals surface area contributed by atoms with Gasteiger partial charge in [0.2, 0.25) is 10.0 Å². The highest BCUT2D eigenvalue weighted by molar-refractivity contribution is 7.89. The van der Waals surface area contributed by atoms with Crippen LogP contribution in [0.15, 0.2) is 4.90 Å². The largest absolute Gasteiger partial charge is 0.481 e. The van der Waals surface area contributed by atoms with Gasteiger partial charge in [0.15, 0.2) is 0 Å². The predicted octanol–water partition coefficient (Wildman–Crippen LogP) is 0.0255. The van der Waals surface area contributed by atoms with Crippen LogP contribution in [0, 0.1) is 19.8 Å². The smallest absolute Gasteiger partial charge is 0.307 e. The number of aromatic nitrogens is 2. The summed E-state index contributed by atoms with van der Waals surface area (Å²) in [7, 11) is -3.71. The van der Waals surface area contributed by atoms with Crippen LogP contribution in [0.5, 0.6) is 0 Å². The fourth-order valence-electron chi connectivity index (χ4n) is 1.33. The van der Waals surface area contributed by atoms with E-state index in [4.69, 9.17) is 5.11 Å². The lowest BCUT2D eigenvalue weighted by atomic mass is 10.2. The van der Waals surface area contributed by atoms with E-state index in [9.17, 15) is 13.2 Å². The molecule has 1 unspecified atom stereocenters. The summed E-state index contributed by atoms with van der Waals surface area (Å²) in [5.74, 6) is -1.83. The lowest BCUT2D eigenvalue weighted by Gasteiger charge is -2.09. The van der Waals surface area contributed by atoms with Gasteiger partial charge in [-0.2, -0.15) is 5.10 Å². The number of rotatable bonds is 5. The number of hydrogen-bond acceptors (Lipinski definition) is 4. The molecule has 0 fully saturated rings. The number of H-pyrrole nitrogens is 1. The number of carbonyl (C=O) groups is 1. The van der Waals surface area contributed by atoms with Crippen LogP contribution in [-0.2, 0) is 14.8 Å². The van der Waals surface area contributed by atoms with Crippen LogP contribution in [0.3, 0.4) is 0 Å². The van der Waals surface area contributed by atoms with Gasteiger partial charge in [-0.15, -0.1) is 0 Å². The van der Waals surface area contributed by atoms with Crippen molar-refractivity contribution in [1.82, 2.24) is 14.9 Å². The fraction of sp³-hybridized carbons (Fsp3) is 0.556. The molecule has 1 aromatic heterocycles. The number of hydrogen-bond donors (Lipinski definition) is 3. The Balaban J connectivity index is 2.87. The molecule has 0 aliphatic rings. The molecule has 0 amide bonds. The van der Waals surface area contributed by atoms with Crippen LogP contribution in [0.25, 0.3) is 0 Å². The first-order valence-electron chi connectivity index (χ1n) is 4.99. The molecular formula is C9H15N3O4S. The van der Waals surface area contributed by atoms with Crippen LogP contribution in [0.1, 0.15) is 18.3 Å². The summed E-state index contributed by atoms with van der Waals surface area (Å²) >= 11 is 0. The zero-order valence-electron chi connectivity index (χ0n) is 9.81. The van der Waals surface area contributed by atoms with E-state index in [2.05, 4.69) is 14.9 Å². The highest BCUT2D eigenvalue weighted by Gasteiger charge is 2.23. The van der Waals surface area contributed by atoms with E-state index >= 15 is 0 Å². The Bertz CT molecular complexity index is 501. The molecule has 0 spiro atoms. The van der Waals surface area contributed by atoms with Gasteiger partial charge in [-0.1, -0.05) is 6.92 Å². The van der Waals surface area contributed by atoms with Crippen molar-refractivity contribution in [2.75, 3.05) is 6.54 Å². The van der Waals surface area contributed by atoms with Gasteiger partial charge < -0.3 is 5.11 Å². The van der Waals surface area contributed by atoms with E-state index in [1.165, 1.54) is 6.92 Å². The number of carboxylic acid groups (broad SMARTS) is 1. The summed E-state index contributed by atoms with van der Waals surface area (Å²) in [5, 5.41) is 15.0. The third-order valence-corrected chi connectivity index (χ3v) is 4.02. The van der Waals surface area contributed by atoms with Gasteiger partial charge in [0.1, 0.15) is 4.90 Å². The minimum atomic E-state index is -3.71. The van der Waals surface area contributed by atoms with Crippen LogP contribution in [0.4, 0.5) is 0 Å². The molecule has 96 valence electrons. The SMILES string of the molecule is Cc1n[nH]c(C)c1S(=O)(=O)NCC(C)C(=O)O. The highest BCUT2D eigenvalue weighted by Crippen LogP contribution is 2.16. The van der Waals surface area contributed by atoms with Crippen LogP contribution >= 0.6 is 0 Å². The number of carboxylic acids is 1. The van der Waals surface area contributed by atoms with Crippen molar-refractivity contribution in [2.24, 2.45) is 5.92 Å². The average molecular weight is 261 g/mol. The normalized spacial score (nSPS) is 13.6. The van der Waals surface area contributed by atoms with Crippen molar-refractivity contribution in [3.05, 3.63) is 11.4 Å². The second-order valence-corrected chi connectivity index (χ2v) is 5.56. The highest BCUT2D eigenvalue weighted by atomic mass is 32.2. The van der Waals surface area contributed by atoms with Gasteiger partial charge >= 0.3 is 5.97 Å². The minimum Gasteiger partial charge on any atom is -0.481 e. The molecule has 8 heteroatoms. The molecule has 0 aliphatic carbocycles. The van der Waals surface area contributed by atoms with Crippen molar-refractivity contribution < 1.29 is 18.3 Å². The van der Waals surface area contributed by atoms with E-state index in [0.717, 1.165) is 0 Å². The zero-order valence-corrected chi connectivity index (χ0v) is 10.6. The van der Waals surface area contributed by atoms with Gasteiger partial charge in [-0.05, 0) is 13.8 Å². The van der Waals surface area contributed by atoms with E-state index < -0.39 is 21.9 Å². The number of aromatic amines is 1. The Kier molecular flexibility index (Phi) is 3.89. The molecule has 1 heterocycles. The Morgan fingerprint density at radius 1 is 1.53 bits per heavy atom. The second kappa shape index (κ2) is 4.84. The molecule has 0 aromatic carbocycles.